The number of nitriles is 1. The summed E-state index contributed by atoms with van der Waals surface area (Å²) in [6.45, 7) is 2.57. The first-order valence-electron chi connectivity index (χ1n) is 6.54. The molecule has 0 radical (unpaired) electrons. The summed E-state index contributed by atoms with van der Waals surface area (Å²) in [6, 6.07) is 6.22. The highest BCUT2D eigenvalue weighted by atomic mass is 16.6. The van der Waals surface area contributed by atoms with Crippen molar-refractivity contribution in [2.24, 2.45) is 5.41 Å². The van der Waals surface area contributed by atoms with Crippen LogP contribution in [0.2, 0.25) is 0 Å². The molecule has 0 aliphatic carbocycles. The van der Waals surface area contributed by atoms with E-state index in [1.165, 1.54) is 12.1 Å². The van der Waals surface area contributed by atoms with Gasteiger partial charge in [-0.3, -0.25) is 14.9 Å². The molecule has 7 heteroatoms. The Bertz CT molecular complexity index is 628. The molecule has 0 unspecified atom stereocenters. The predicted molar refractivity (Wildman–Crippen MR) is 75.0 cm³/mol. The Morgan fingerprint density at radius 2 is 2.10 bits per heavy atom. The smallest absolute Gasteiger partial charge is 0.309 e. The van der Waals surface area contributed by atoms with Crippen LogP contribution in [0.5, 0.6) is 0 Å². The topological polar surface area (TPSA) is 107 Å². The van der Waals surface area contributed by atoms with Gasteiger partial charge in [-0.2, -0.15) is 5.26 Å². The van der Waals surface area contributed by atoms with Crippen molar-refractivity contribution in [1.82, 2.24) is 0 Å². The zero-order chi connectivity index (χ0) is 15.6. The monoisotopic (exact) mass is 289 g/mol. The first-order valence-corrected chi connectivity index (χ1v) is 6.54. The fraction of sp³-hybridized carbons (Fsp3) is 0.429. The van der Waals surface area contributed by atoms with Crippen molar-refractivity contribution in [3.63, 3.8) is 0 Å². The average molecular weight is 289 g/mol. The molecule has 0 saturated carbocycles. The maximum Gasteiger partial charge on any atom is 0.309 e. The van der Waals surface area contributed by atoms with E-state index in [1.807, 2.05) is 11.0 Å². The zero-order valence-corrected chi connectivity index (χ0v) is 11.6. The Morgan fingerprint density at radius 1 is 1.48 bits per heavy atom. The molecule has 110 valence electrons. The maximum atomic E-state index is 11.2. The molecule has 1 aliphatic rings. The Balaban J connectivity index is 2.27. The van der Waals surface area contributed by atoms with Crippen molar-refractivity contribution in [3.8, 4) is 6.07 Å². The van der Waals surface area contributed by atoms with Crippen LogP contribution < -0.4 is 4.90 Å². The van der Waals surface area contributed by atoms with Crippen LogP contribution in [0.4, 0.5) is 11.4 Å². The Morgan fingerprint density at radius 3 is 2.57 bits per heavy atom. The Kier molecular flexibility index (Phi) is 3.80. The van der Waals surface area contributed by atoms with Gasteiger partial charge < -0.3 is 10.0 Å². The molecule has 1 N–H and O–H groups in total. The van der Waals surface area contributed by atoms with Crippen molar-refractivity contribution >= 4 is 17.3 Å². The molecule has 1 heterocycles. The largest absolute Gasteiger partial charge is 0.481 e. The zero-order valence-electron chi connectivity index (χ0n) is 11.6. The van der Waals surface area contributed by atoms with Gasteiger partial charge in [-0.25, -0.2) is 0 Å². The second-order valence-corrected chi connectivity index (χ2v) is 5.43. The lowest BCUT2D eigenvalue weighted by Gasteiger charge is -2.37. The molecule has 0 bridgehead atoms. The molecule has 1 aromatic carbocycles. The molecule has 1 aliphatic heterocycles. The van der Waals surface area contributed by atoms with Crippen LogP contribution in [0.3, 0.4) is 0 Å². The van der Waals surface area contributed by atoms with Gasteiger partial charge in [-0.1, -0.05) is 0 Å². The van der Waals surface area contributed by atoms with E-state index in [2.05, 4.69) is 0 Å². The lowest BCUT2D eigenvalue weighted by Crippen LogP contribution is -2.42. The summed E-state index contributed by atoms with van der Waals surface area (Å²) >= 11 is 0. The van der Waals surface area contributed by atoms with Crippen LogP contribution in [0.1, 0.15) is 25.3 Å². The van der Waals surface area contributed by atoms with Gasteiger partial charge in [0.05, 0.1) is 22.0 Å². The number of nitro benzene ring substituents is 1. The standard InChI is InChI=1S/C14H15N3O4/c1-14(13(18)19)4-6-16(7-5-14)11-3-2-10(9-15)8-12(11)17(20)21/h2-3,8H,4-7H2,1H3,(H,18,19). The Hall–Kier alpha value is -2.62. The summed E-state index contributed by atoms with van der Waals surface area (Å²) in [6.07, 6.45) is 0.860. The van der Waals surface area contributed by atoms with Crippen LogP contribution >= 0.6 is 0 Å². The molecular formula is C14H15N3O4. The lowest BCUT2D eigenvalue weighted by molar-refractivity contribution is -0.384. The number of nitro groups is 1. The van der Waals surface area contributed by atoms with Crippen molar-refractivity contribution in [1.29, 1.82) is 5.26 Å². The van der Waals surface area contributed by atoms with Crippen molar-refractivity contribution in [2.75, 3.05) is 18.0 Å². The minimum Gasteiger partial charge on any atom is -0.481 e. The number of carboxylic acid groups (broad SMARTS) is 1. The first kappa shape index (κ1) is 14.8. The first-order chi connectivity index (χ1) is 9.87. The summed E-state index contributed by atoms with van der Waals surface area (Å²) < 4.78 is 0. The number of rotatable bonds is 3. The minimum atomic E-state index is -0.837. The van der Waals surface area contributed by atoms with Crippen molar-refractivity contribution in [3.05, 3.63) is 33.9 Å². The normalized spacial score (nSPS) is 17.0. The van der Waals surface area contributed by atoms with E-state index in [0.29, 0.717) is 31.6 Å². The van der Waals surface area contributed by atoms with Gasteiger partial charge in [-0.15, -0.1) is 0 Å². The Labute approximate surface area is 121 Å². The highest BCUT2D eigenvalue weighted by molar-refractivity contribution is 5.75. The number of piperidine rings is 1. The van der Waals surface area contributed by atoms with Gasteiger partial charge in [0, 0.05) is 19.2 Å². The van der Waals surface area contributed by atoms with Gasteiger partial charge in [-0.05, 0) is 31.9 Å². The highest BCUT2D eigenvalue weighted by Gasteiger charge is 2.38. The molecule has 2 rings (SSSR count). The van der Waals surface area contributed by atoms with Crippen LogP contribution in [0.25, 0.3) is 0 Å². The molecule has 0 spiro atoms. The fourth-order valence-electron chi connectivity index (χ4n) is 2.46. The number of benzene rings is 1. The van der Waals surface area contributed by atoms with Gasteiger partial charge >= 0.3 is 5.97 Å². The van der Waals surface area contributed by atoms with E-state index in [9.17, 15) is 20.0 Å². The lowest BCUT2D eigenvalue weighted by atomic mass is 9.80. The molecule has 0 amide bonds. The van der Waals surface area contributed by atoms with E-state index < -0.39 is 16.3 Å². The summed E-state index contributed by atoms with van der Waals surface area (Å²) in [7, 11) is 0. The molecule has 7 nitrogen and oxygen atoms in total. The van der Waals surface area contributed by atoms with Gasteiger partial charge in [0.15, 0.2) is 0 Å². The summed E-state index contributed by atoms with van der Waals surface area (Å²) in [5, 5.41) is 29.2. The molecular weight excluding hydrogens is 274 g/mol. The van der Waals surface area contributed by atoms with Crippen molar-refractivity contribution in [2.45, 2.75) is 19.8 Å². The molecule has 1 aromatic rings. The number of anilines is 1. The summed E-state index contributed by atoms with van der Waals surface area (Å²) in [4.78, 5) is 23.7. The second-order valence-electron chi connectivity index (χ2n) is 5.43. The van der Waals surface area contributed by atoms with E-state index >= 15 is 0 Å². The highest BCUT2D eigenvalue weighted by Crippen LogP contribution is 2.36. The number of nitrogens with zero attached hydrogens (tertiary/aromatic N) is 3. The predicted octanol–water partition coefficient (Wildman–Crippen LogP) is 2.16. The number of aliphatic carboxylic acids is 1. The molecule has 0 atom stereocenters. The summed E-state index contributed by atoms with van der Waals surface area (Å²) in [5.41, 5.74) is -0.227. The average Bonchev–Trinajstić information content (AvgIpc) is 2.47. The maximum absolute atomic E-state index is 11.2. The number of hydrogen-bond donors (Lipinski definition) is 1. The van der Waals surface area contributed by atoms with Crippen molar-refractivity contribution < 1.29 is 14.8 Å². The SMILES string of the molecule is CC1(C(=O)O)CCN(c2ccc(C#N)cc2[N+](=O)[O-])CC1. The molecule has 1 saturated heterocycles. The fourth-order valence-corrected chi connectivity index (χ4v) is 2.46. The number of hydrogen-bond acceptors (Lipinski definition) is 5. The van der Waals surface area contributed by atoms with Gasteiger partial charge in [0.2, 0.25) is 0 Å². The quantitative estimate of drug-likeness (QED) is 0.674. The third kappa shape index (κ3) is 2.79. The van der Waals surface area contributed by atoms with Crippen LogP contribution in [-0.2, 0) is 4.79 Å². The van der Waals surface area contributed by atoms with Crippen LogP contribution in [0.15, 0.2) is 18.2 Å². The third-order valence-electron chi connectivity index (χ3n) is 4.03. The molecule has 1 fully saturated rings. The minimum absolute atomic E-state index is 0.118. The van der Waals surface area contributed by atoms with Crippen LogP contribution in [-0.4, -0.2) is 29.1 Å². The molecule has 0 aromatic heterocycles. The number of carboxylic acids is 1. The van der Waals surface area contributed by atoms with E-state index in [0.717, 1.165) is 0 Å². The summed E-state index contributed by atoms with van der Waals surface area (Å²) in [5.74, 6) is -0.837. The second kappa shape index (κ2) is 5.40. The third-order valence-corrected chi connectivity index (χ3v) is 4.03. The van der Waals surface area contributed by atoms with E-state index in [-0.39, 0.29) is 11.3 Å². The van der Waals surface area contributed by atoms with Gasteiger partial charge in [0.1, 0.15) is 5.69 Å². The van der Waals surface area contributed by atoms with Crippen LogP contribution in [0, 0.1) is 26.9 Å². The van der Waals surface area contributed by atoms with E-state index in [1.54, 1.807) is 13.0 Å². The molecule has 21 heavy (non-hydrogen) atoms. The van der Waals surface area contributed by atoms with E-state index in [4.69, 9.17) is 5.26 Å². The van der Waals surface area contributed by atoms with Gasteiger partial charge in [0.25, 0.3) is 5.69 Å². The number of carbonyl (C=O) groups is 1.